The number of rotatable bonds is 3. The zero-order valence-corrected chi connectivity index (χ0v) is 22.2. The van der Waals surface area contributed by atoms with Crippen molar-refractivity contribution < 1.29 is 33.4 Å². The lowest BCUT2D eigenvalue weighted by Crippen LogP contribution is -2.50. The third-order valence-electron chi connectivity index (χ3n) is 6.13. The fourth-order valence-corrected chi connectivity index (χ4v) is 4.36. The van der Waals surface area contributed by atoms with Gasteiger partial charge in [0, 0.05) is 32.0 Å². The molecule has 0 aliphatic carbocycles. The smallest absolute Gasteiger partial charge is 0.331 e. The number of esters is 2. The van der Waals surface area contributed by atoms with Crippen molar-refractivity contribution in [1.29, 1.82) is 0 Å². The number of nitrogens with zero attached hydrogens (tertiary/aromatic N) is 4. The molecule has 1 aromatic heterocycles. The van der Waals surface area contributed by atoms with E-state index in [9.17, 15) is 19.2 Å². The summed E-state index contributed by atoms with van der Waals surface area (Å²) in [6.07, 6.45) is 5.15. The second-order valence-corrected chi connectivity index (χ2v) is 10.3. The number of aromatic nitrogens is 3. The van der Waals surface area contributed by atoms with Crippen LogP contribution in [0, 0.1) is 0 Å². The van der Waals surface area contributed by atoms with E-state index in [0.717, 1.165) is 12.8 Å². The molecule has 0 radical (unpaired) electrons. The minimum Gasteiger partial charge on any atom is -0.467 e. The standard InChI is InChI=1S/C25H37N5O7/c1-16-23(33)29-14-17(13-20(29)24(34)35-5)36-15-18-19(10-11-22(32)37-25(2,3)4)30(28-27-18)12-8-6-7-9-21(31)26-16/h10-11,16-17,20H,6-9,12-15H2,1-5H3,(H,26,31)/b11-10-/t16-,17+,20-/m0/s1. The highest BCUT2D eigenvalue weighted by Gasteiger charge is 2.42. The molecule has 1 fully saturated rings. The van der Waals surface area contributed by atoms with Gasteiger partial charge in [0.15, 0.2) is 0 Å². The molecule has 3 atom stereocenters. The van der Waals surface area contributed by atoms with Crippen molar-refractivity contribution in [2.24, 2.45) is 0 Å². The fraction of sp³-hybridized carbons (Fsp3) is 0.680. The maximum absolute atomic E-state index is 13.1. The Balaban J connectivity index is 1.85. The molecule has 1 saturated heterocycles. The van der Waals surface area contributed by atoms with Gasteiger partial charge >= 0.3 is 11.9 Å². The first-order valence-corrected chi connectivity index (χ1v) is 12.6. The first-order valence-electron chi connectivity index (χ1n) is 12.6. The van der Waals surface area contributed by atoms with Crippen LogP contribution in [-0.4, -0.2) is 81.1 Å². The summed E-state index contributed by atoms with van der Waals surface area (Å²) in [6.45, 7) is 7.76. The number of ether oxygens (including phenoxy) is 3. The summed E-state index contributed by atoms with van der Waals surface area (Å²) >= 11 is 0. The summed E-state index contributed by atoms with van der Waals surface area (Å²) in [5, 5.41) is 11.2. The molecule has 0 unspecified atom stereocenters. The second kappa shape index (κ2) is 12.3. The minimum absolute atomic E-state index is 0.0703. The summed E-state index contributed by atoms with van der Waals surface area (Å²) in [4.78, 5) is 51.6. The van der Waals surface area contributed by atoms with Crippen LogP contribution in [0.3, 0.4) is 0 Å². The third-order valence-corrected chi connectivity index (χ3v) is 6.13. The van der Waals surface area contributed by atoms with Crippen LogP contribution in [0.1, 0.15) is 71.2 Å². The highest BCUT2D eigenvalue weighted by molar-refractivity contribution is 5.91. The maximum atomic E-state index is 13.1. The average molecular weight is 520 g/mol. The van der Waals surface area contributed by atoms with E-state index < -0.39 is 35.7 Å². The van der Waals surface area contributed by atoms with Gasteiger partial charge in [-0.3, -0.25) is 9.59 Å². The molecular weight excluding hydrogens is 482 g/mol. The van der Waals surface area contributed by atoms with Gasteiger partial charge in [0.25, 0.3) is 0 Å². The van der Waals surface area contributed by atoms with E-state index in [2.05, 4.69) is 15.6 Å². The normalized spacial score (nSPS) is 24.0. The van der Waals surface area contributed by atoms with Gasteiger partial charge in [0.1, 0.15) is 23.4 Å². The Morgan fingerprint density at radius 3 is 2.65 bits per heavy atom. The van der Waals surface area contributed by atoms with Gasteiger partial charge in [0.05, 0.1) is 25.5 Å². The van der Waals surface area contributed by atoms with E-state index in [1.807, 2.05) is 0 Å². The van der Waals surface area contributed by atoms with Crippen molar-refractivity contribution in [1.82, 2.24) is 25.2 Å². The van der Waals surface area contributed by atoms with Crippen LogP contribution < -0.4 is 5.32 Å². The number of methoxy groups -OCH3 is 1. The van der Waals surface area contributed by atoms with Gasteiger partial charge < -0.3 is 24.4 Å². The van der Waals surface area contributed by atoms with Crippen LogP contribution in [0.5, 0.6) is 0 Å². The number of nitrogens with one attached hydrogen (secondary N) is 1. The van der Waals surface area contributed by atoms with Crippen molar-refractivity contribution >= 4 is 29.8 Å². The van der Waals surface area contributed by atoms with Gasteiger partial charge in [-0.25, -0.2) is 14.3 Å². The van der Waals surface area contributed by atoms with Gasteiger partial charge in [-0.2, -0.15) is 0 Å². The molecule has 0 saturated carbocycles. The van der Waals surface area contributed by atoms with Gasteiger partial charge in [-0.05, 0) is 46.6 Å². The highest BCUT2D eigenvalue weighted by atomic mass is 16.6. The van der Waals surface area contributed by atoms with Crippen LogP contribution in [-0.2, 0) is 46.5 Å². The fourth-order valence-electron chi connectivity index (χ4n) is 4.36. The molecule has 3 rings (SSSR count). The van der Waals surface area contributed by atoms with Gasteiger partial charge in [-0.1, -0.05) is 11.6 Å². The first kappa shape index (κ1) is 28.3. The van der Waals surface area contributed by atoms with Crippen molar-refractivity contribution in [3.63, 3.8) is 0 Å². The summed E-state index contributed by atoms with van der Waals surface area (Å²) in [5.74, 6) is -1.63. The number of carbonyl (C=O) groups is 4. The maximum Gasteiger partial charge on any atom is 0.331 e. The molecular formula is C25H37N5O7. The Labute approximate surface area is 216 Å². The van der Waals surface area contributed by atoms with Gasteiger partial charge in [0.2, 0.25) is 11.8 Å². The molecule has 12 nitrogen and oxygen atoms in total. The van der Waals surface area contributed by atoms with Crippen molar-refractivity contribution in [2.75, 3.05) is 13.7 Å². The summed E-state index contributed by atoms with van der Waals surface area (Å²) in [6, 6.07) is -1.60. The van der Waals surface area contributed by atoms with Crippen LogP contribution in [0.4, 0.5) is 0 Å². The number of aryl methyl sites for hydroxylation is 1. The van der Waals surface area contributed by atoms with Gasteiger partial charge in [-0.15, -0.1) is 5.10 Å². The number of amides is 2. The third kappa shape index (κ3) is 7.85. The first-order chi connectivity index (χ1) is 17.5. The molecule has 2 aliphatic heterocycles. The van der Waals surface area contributed by atoms with E-state index in [4.69, 9.17) is 14.2 Å². The number of hydrogen-bond acceptors (Lipinski definition) is 9. The van der Waals surface area contributed by atoms with Crippen LogP contribution in [0.15, 0.2) is 6.08 Å². The molecule has 204 valence electrons. The Hall–Kier alpha value is -3.28. The zero-order chi connectivity index (χ0) is 27.2. The summed E-state index contributed by atoms with van der Waals surface area (Å²) in [5.41, 5.74) is 0.507. The zero-order valence-electron chi connectivity index (χ0n) is 22.2. The van der Waals surface area contributed by atoms with E-state index in [-0.39, 0.29) is 37.8 Å². The molecule has 1 N–H and O–H groups in total. The lowest BCUT2D eigenvalue weighted by molar-refractivity contribution is -0.151. The SMILES string of the molecule is COC(=O)[C@@H]1C[C@@H]2CN1C(=O)[C@H](C)NC(=O)CCCCCn1nnc(c1/C=C\C(=O)OC(C)(C)C)CO2. The molecule has 3 heterocycles. The second-order valence-electron chi connectivity index (χ2n) is 10.3. The Kier molecular flexibility index (Phi) is 9.41. The Bertz CT molecular complexity index is 1030. The Morgan fingerprint density at radius 2 is 1.95 bits per heavy atom. The molecule has 1 aromatic rings. The lowest BCUT2D eigenvalue weighted by atomic mass is 10.1. The van der Waals surface area contributed by atoms with E-state index >= 15 is 0 Å². The molecule has 12 heteroatoms. The largest absolute Gasteiger partial charge is 0.467 e. The summed E-state index contributed by atoms with van der Waals surface area (Å²) < 4.78 is 18.0. The Morgan fingerprint density at radius 1 is 1.19 bits per heavy atom. The molecule has 2 aliphatic rings. The lowest BCUT2D eigenvalue weighted by Gasteiger charge is -2.26. The van der Waals surface area contributed by atoms with E-state index in [1.165, 1.54) is 18.1 Å². The van der Waals surface area contributed by atoms with Crippen LogP contribution in [0.2, 0.25) is 0 Å². The van der Waals surface area contributed by atoms with Crippen molar-refractivity contribution in [2.45, 2.75) is 96.7 Å². The quantitative estimate of drug-likeness (QED) is 0.463. The predicted molar refractivity (Wildman–Crippen MR) is 132 cm³/mol. The van der Waals surface area contributed by atoms with E-state index in [0.29, 0.717) is 24.4 Å². The predicted octanol–water partition coefficient (Wildman–Crippen LogP) is 1.37. The average Bonchev–Trinajstić information content (AvgIpc) is 3.42. The topological polar surface area (TPSA) is 142 Å². The monoisotopic (exact) mass is 519 g/mol. The molecule has 37 heavy (non-hydrogen) atoms. The summed E-state index contributed by atoms with van der Waals surface area (Å²) in [7, 11) is 1.27. The molecule has 0 aromatic carbocycles. The molecule has 2 amide bonds. The number of fused-ring (bicyclic) bond motifs is 4. The van der Waals surface area contributed by atoms with E-state index in [1.54, 1.807) is 38.5 Å². The highest BCUT2D eigenvalue weighted by Crippen LogP contribution is 2.24. The molecule has 0 spiro atoms. The van der Waals surface area contributed by atoms with Crippen LogP contribution in [0.25, 0.3) is 6.08 Å². The number of carbonyl (C=O) groups excluding carboxylic acids is 4. The van der Waals surface area contributed by atoms with Crippen molar-refractivity contribution in [3.8, 4) is 0 Å². The van der Waals surface area contributed by atoms with Crippen LogP contribution >= 0.6 is 0 Å². The molecule has 4 bridgehead atoms. The van der Waals surface area contributed by atoms with Crippen molar-refractivity contribution in [3.05, 3.63) is 17.5 Å². The minimum atomic E-state index is -0.817. The number of hydrogen-bond donors (Lipinski definition) is 1.